The van der Waals surface area contributed by atoms with E-state index in [1.165, 1.54) is 50.8 Å². The van der Waals surface area contributed by atoms with Crippen LogP contribution >= 0.6 is 7.92 Å². The molecule has 0 spiro atoms. The van der Waals surface area contributed by atoms with E-state index in [4.69, 9.17) is 0 Å². The van der Waals surface area contributed by atoms with Gasteiger partial charge in [0.2, 0.25) is 0 Å². The van der Waals surface area contributed by atoms with Crippen LogP contribution in [0, 0.1) is 0 Å². The van der Waals surface area contributed by atoms with Gasteiger partial charge in [-0.05, 0) is 81.8 Å². The highest BCUT2D eigenvalue weighted by molar-refractivity contribution is 7.75. The van der Waals surface area contributed by atoms with Gasteiger partial charge in [-0.1, -0.05) is 72.8 Å². The number of rotatable bonds is 3. The van der Waals surface area contributed by atoms with Gasteiger partial charge in [-0.25, -0.2) is 0 Å². The van der Waals surface area contributed by atoms with E-state index < -0.39 is 7.92 Å². The molecule has 3 heterocycles. The molecular weight excluding hydrogens is 505 g/mol. The quantitative estimate of drug-likeness (QED) is 0.243. The zero-order chi connectivity index (χ0) is 26.2. The van der Waals surface area contributed by atoms with E-state index in [2.05, 4.69) is 142 Å². The van der Waals surface area contributed by atoms with Crippen molar-refractivity contribution in [2.75, 3.05) is 14.7 Å². The fourth-order valence-corrected chi connectivity index (χ4v) is 10.6. The first-order valence-corrected chi connectivity index (χ1v) is 15.6. The predicted octanol–water partition coefficient (Wildman–Crippen LogP) is 9.05. The van der Waals surface area contributed by atoms with Crippen LogP contribution in [0.4, 0.5) is 28.4 Å². The van der Waals surface area contributed by atoms with E-state index in [1.807, 2.05) is 0 Å². The Morgan fingerprint density at radius 3 is 1.98 bits per heavy atom. The third-order valence-electron chi connectivity index (χ3n) is 8.76. The monoisotopic (exact) mass is 533 g/mol. The second-order valence-corrected chi connectivity index (χ2v) is 12.9. The molecule has 40 heavy (non-hydrogen) atoms. The van der Waals surface area contributed by atoms with Gasteiger partial charge in [0, 0.05) is 38.7 Å². The highest BCUT2D eigenvalue weighted by atomic mass is 31.1. The lowest BCUT2D eigenvalue weighted by Gasteiger charge is -2.56. The Morgan fingerprint density at radius 2 is 1.27 bits per heavy atom. The number of benzene rings is 4. The van der Waals surface area contributed by atoms with Crippen molar-refractivity contribution in [1.82, 2.24) is 0 Å². The van der Waals surface area contributed by atoms with Crippen LogP contribution in [-0.2, 0) is 0 Å². The van der Waals surface area contributed by atoms with Gasteiger partial charge >= 0.3 is 0 Å². The van der Waals surface area contributed by atoms with Crippen LogP contribution in [0.25, 0.3) is 0 Å². The van der Waals surface area contributed by atoms with Crippen LogP contribution in [0.2, 0.25) is 0 Å². The molecule has 2 aliphatic carbocycles. The Bertz CT molecular complexity index is 1790. The van der Waals surface area contributed by atoms with Crippen molar-refractivity contribution in [3.63, 3.8) is 0 Å². The summed E-state index contributed by atoms with van der Waals surface area (Å²) >= 11 is 0. The molecule has 0 bridgehead atoms. The van der Waals surface area contributed by atoms with Crippen LogP contribution in [0.3, 0.4) is 0 Å². The second-order valence-electron chi connectivity index (χ2n) is 10.9. The molecule has 4 heteroatoms. The summed E-state index contributed by atoms with van der Waals surface area (Å²) in [5.41, 5.74) is 10.7. The summed E-state index contributed by atoms with van der Waals surface area (Å²) in [5, 5.41) is 4.66. The van der Waals surface area contributed by atoms with Crippen molar-refractivity contribution >= 4 is 41.7 Å². The number of para-hydroxylation sites is 3. The van der Waals surface area contributed by atoms with Gasteiger partial charge in [-0.3, -0.25) is 0 Å². The molecule has 0 amide bonds. The summed E-state index contributed by atoms with van der Waals surface area (Å²) in [5.74, 6) is 0. The normalized spacial score (nSPS) is 21.9. The predicted molar refractivity (Wildman–Crippen MR) is 168 cm³/mol. The molecule has 4 aromatic rings. The van der Waals surface area contributed by atoms with Crippen LogP contribution < -0.4 is 20.0 Å². The van der Waals surface area contributed by atoms with Crippen LogP contribution in [0.5, 0.6) is 0 Å². The maximum atomic E-state index is 2.70. The minimum atomic E-state index is -0.660. The Balaban J connectivity index is 1.42. The molecule has 5 aliphatic rings. The number of hydrogen-bond acceptors (Lipinski definition) is 3. The fraction of sp³-hybridized carbons (Fsp3) is 0.111. The zero-order valence-corrected chi connectivity index (χ0v) is 23.0. The molecule has 3 aliphatic heterocycles. The largest absolute Gasteiger partial charge is 0.336 e. The first-order valence-electron chi connectivity index (χ1n) is 14.2. The average Bonchev–Trinajstić information content (AvgIpc) is 3.03. The summed E-state index contributed by atoms with van der Waals surface area (Å²) in [4.78, 5) is 7.78. The van der Waals surface area contributed by atoms with Crippen molar-refractivity contribution in [1.29, 1.82) is 0 Å². The zero-order valence-electron chi connectivity index (χ0n) is 22.1. The highest BCUT2D eigenvalue weighted by Gasteiger charge is 2.51. The third kappa shape index (κ3) is 2.99. The van der Waals surface area contributed by atoms with E-state index >= 15 is 0 Å². The van der Waals surface area contributed by atoms with E-state index in [9.17, 15) is 0 Å². The summed E-state index contributed by atoms with van der Waals surface area (Å²) in [6, 6.07) is 40.3. The van der Waals surface area contributed by atoms with Gasteiger partial charge in [0.1, 0.15) is 0 Å². The van der Waals surface area contributed by atoms with Crippen LogP contribution in [0.1, 0.15) is 19.3 Å². The number of anilines is 5. The Labute approximate surface area is 236 Å². The maximum absolute atomic E-state index is 2.70. The molecule has 0 fully saturated rings. The van der Waals surface area contributed by atoms with Gasteiger partial charge in [0.05, 0.1) is 28.8 Å². The summed E-state index contributed by atoms with van der Waals surface area (Å²) in [7, 11) is -0.660. The van der Waals surface area contributed by atoms with Crippen LogP contribution in [-0.4, -0.2) is 6.04 Å². The molecule has 0 saturated carbocycles. The number of allylic oxidation sites excluding steroid dienone is 4. The molecular formula is C36H28N3P. The third-order valence-corrected chi connectivity index (χ3v) is 11.6. The molecule has 2 unspecified atom stereocenters. The number of nitrogens with zero attached hydrogens (tertiary/aromatic N) is 3. The molecule has 4 aromatic carbocycles. The number of hydrogen-bond donors (Lipinski definition) is 0. The van der Waals surface area contributed by atoms with E-state index in [0.717, 1.165) is 19.3 Å². The lowest BCUT2D eigenvalue weighted by Crippen LogP contribution is -2.48. The van der Waals surface area contributed by atoms with E-state index in [1.54, 1.807) is 10.6 Å². The second kappa shape index (κ2) is 8.58. The molecule has 2 atom stereocenters. The maximum Gasteiger partial charge on any atom is 0.0654 e. The van der Waals surface area contributed by atoms with Crippen LogP contribution in [0.15, 0.2) is 155 Å². The lowest BCUT2D eigenvalue weighted by atomic mass is 9.96. The molecule has 0 radical (unpaired) electrons. The smallest absolute Gasteiger partial charge is 0.0654 e. The van der Waals surface area contributed by atoms with Crippen molar-refractivity contribution in [3.8, 4) is 0 Å². The lowest BCUT2D eigenvalue weighted by molar-refractivity contribution is 0.689. The van der Waals surface area contributed by atoms with E-state index in [0.29, 0.717) is 6.04 Å². The summed E-state index contributed by atoms with van der Waals surface area (Å²) in [6.45, 7) is 0. The molecule has 0 aromatic heterocycles. The van der Waals surface area contributed by atoms with Crippen molar-refractivity contribution in [2.24, 2.45) is 0 Å². The Hall–Kier alpha value is -4.33. The molecule has 3 nitrogen and oxygen atoms in total. The molecule has 9 rings (SSSR count). The van der Waals surface area contributed by atoms with Gasteiger partial charge in [-0.2, -0.15) is 0 Å². The Kier molecular flexibility index (Phi) is 4.82. The van der Waals surface area contributed by atoms with Crippen molar-refractivity contribution < 1.29 is 0 Å². The van der Waals surface area contributed by atoms with Gasteiger partial charge in [0.15, 0.2) is 0 Å². The summed E-state index contributed by atoms with van der Waals surface area (Å²) in [6.07, 6.45) is 10.5. The minimum absolute atomic E-state index is 0.322. The molecule has 0 saturated heterocycles. The fourth-order valence-electron chi connectivity index (χ4n) is 7.29. The standard InChI is InChI=1S/C36H28N3P/c1-4-13-25(14-5-1)37-28-19-10-21-30-34(28)40-35-29(37)20-11-22-31(35)39(27-17-8-3-9-18-27)33-24-12-23-32(36(33)40)38(30)26-15-6-2-7-16-26/h1-11,13-21,23,31H,12,22,24H2. The van der Waals surface area contributed by atoms with E-state index in [-0.39, 0.29) is 0 Å². The average molecular weight is 534 g/mol. The first kappa shape index (κ1) is 22.5. The Morgan fingerprint density at radius 1 is 0.650 bits per heavy atom. The van der Waals surface area contributed by atoms with Gasteiger partial charge < -0.3 is 14.7 Å². The molecule has 0 N–H and O–H groups in total. The van der Waals surface area contributed by atoms with Gasteiger partial charge in [-0.15, -0.1) is 0 Å². The SMILES string of the molecule is C1=CC2=C3C(C1)N(c1ccccc1)C1=C4C(=CCC1)N(c1ccccc1)c1cccc(c1P43)N2c1ccccc1. The minimum Gasteiger partial charge on any atom is -0.336 e. The van der Waals surface area contributed by atoms with Crippen molar-refractivity contribution in [3.05, 3.63) is 155 Å². The van der Waals surface area contributed by atoms with Crippen molar-refractivity contribution in [2.45, 2.75) is 25.3 Å². The summed E-state index contributed by atoms with van der Waals surface area (Å²) < 4.78 is 0. The van der Waals surface area contributed by atoms with Gasteiger partial charge in [0.25, 0.3) is 0 Å². The topological polar surface area (TPSA) is 9.72 Å². The highest BCUT2D eigenvalue weighted by Crippen LogP contribution is 2.72. The first-order chi connectivity index (χ1) is 19.9. The molecule has 192 valence electrons.